The van der Waals surface area contributed by atoms with Gasteiger partial charge in [0.2, 0.25) is 0 Å². The number of hydrogen-bond donors (Lipinski definition) is 0. The molecule has 0 unspecified atom stereocenters. The maximum Gasteiger partial charge on any atom is 0.312 e. The molecule has 3 saturated carbocycles. The third-order valence-corrected chi connectivity index (χ3v) is 3.09. The van der Waals surface area contributed by atoms with Crippen molar-refractivity contribution in [2.24, 2.45) is 10.5 Å². The van der Waals surface area contributed by atoms with Crippen LogP contribution in [0.15, 0.2) is 5.11 Å². The standard InChI is InChI=1S/C10H15N3O2/c1-8(2,3)15-7(14)9-4-10(5-9,6-9)12-13-11/h4-6H2,1-3H3. The summed E-state index contributed by atoms with van der Waals surface area (Å²) >= 11 is 0. The molecule has 0 saturated heterocycles. The van der Waals surface area contributed by atoms with Crippen LogP contribution in [0.3, 0.4) is 0 Å². The highest BCUT2D eigenvalue weighted by molar-refractivity contribution is 5.82. The third kappa shape index (κ3) is 1.47. The molecule has 0 N–H and O–H groups in total. The highest BCUT2D eigenvalue weighted by Gasteiger charge is 2.72. The number of hydrogen-bond acceptors (Lipinski definition) is 3. The number of carbonyl (C=O) groups is 1. The highest BCUT2D eigenvalue weighted by atomic mass is 16.6. The minimum atomic E-state index is -0.432. The normalized spacial score (nSPS) is 37.0. The van der Waals surface area contributed by atoms with Crippen molar-refractivity contribution in [3.05, 3.63) is 10.4 Å². The fourth-order valence-electron chi connectivity index (χ4n) is 2.54. The minimum absolute atomic E-state index is 0.134. The molecule has 5 nitrogen and oxygen atoms in total. The number of nitrogens with zero attached hydrogens (tertiary/aromatic N) is 3. The van der Waals surface area contributed by atoms with Crippen LogP contribution in [0, 0.1) is 5.41 Å². The molecule has 0 heterocycles. The summed E-state index contributed by atoms with van der Waals surface area (Å²) in [4.78, 5) is 14.6. The fraction of sp³-hybridized carbons (Fsp3) is 0.900. The Morgan fingerprint density at radius 3 is 2.33 bits per heavy atom. The largest absolute Gasteiger partial charge is 0.460 e. The van der Waals surface area contributed by atoms with Gasteiger partial charge in [-0.25, -0.2) is 0 Å². The minimum Gasteiger partial charge on any atom is -0.460 e. The first-order chi connectivity index (χ1) is 6.81. The van der Waals surface area contributed by atoms with E-state index in [0.717, 1.165) is 0 Å². The quantitative estimate of drug-likeness (QED) is 0.303. The van der Waals surface area contributed by atoms with Gasteiger partial charge in [-0.05, 0) is 45.6 Å². The van der Waals surface area contributed by atoms with Crippen molar-refractivity contribution in [2.75, 3.05) is 0 Å². The molecule has 3 rings (SSSR count). The topological polar surface area (TPSA) is 75.1 Å². The van der Waals surface area contributed by atoms with Gasteiger partial charge in [0.15, 0.2) is 0 Å². The first-order valence-corrected chi connectivity index (χ1v) is 5.11. The molecule has 0 radical (unpaired) electrons. The van der Waals surface area contributed by atoms with Crippen molar-refractivity contribution in [2.45, 2.75) is 51.2 Å². The molecule has 5 heteroatoms. The molecule has 3 aliphatic carbocycles. The molecular formula is C10H15N3O2. The molecule has 0 aromatic rings. The van der Waals surface area contributed by atoms with Gasteiger partial charge < -0.3 is 4.74 Å². The van der Waals surface area contributed by atoms with E-state index in [4.69, 9.17) is 10.3 Å². The zero-order valence-electron chi connectivity index (χ0n) is 9.28. The van der Waals surface area contributed by atoms with E-state index in [9.17, 15) is 4.79 Å². The van der Waals surface area contributed by atoms with E-state index in [2.05, 4.69) is 10.0 Å². The Bertz CT molecular complexity index is 344. The number of carbonyl (C=O) groups excluding carboxylic acids is 1. The average molecular weight is 209 g/mol. The Morgan fingerprint density at radius 1 is 1.40 bits per heavy atom. The van der Waals surface area contributed by atoms with Crippen LogP contribution in [0.25, 0.3) is 10.4 Å². The van der Waals surface area contributed by atoms with Gasteiger partial charge in [0.05, 0.1) is 11.0 Å². The second-order valence-electron chi connectivity index (χ2n) is 5.73. The van der Waals surface area contributed by atoms with E-state index < -0.39 is 5.60 Å². The maximum absolute atomic E-state index is 11.8. The van der Waals surface area contributed by atoms with Crippen LogP contribution in [0.1, 0.15) is 40.0 Å². The molecule has 0 atom stereocenters. The Labute approximate surface area is 88.4 Å². The van der Waals surface area contributed by atoms with Crippen LogP contribution in [0.2, 0.25) is 0 Å². The van der Waals surface area contributed by atoms with Gasteiger partial charge in [-0.2, -0.15) is 0 Å². The smallest absolute Gasteiger partial charge is 0.312 e. The van der Waals surface area contributed by atoms with Gasteiger partial charge in [-0.15, -0.1) is 0 Å². The van der Waals surface area contributed by atoms with Gasteiger partial charge in [0.1, 0.15) is 5.60 Å². The Balaban J connectivity index is 1.95. The summed E-state index contributed by atoms with van der Waals surface area (Å²) in [6.07, 6.45) is 2.00. The van der Waals surface area contributed by atoms with Crippen LogP contribution in [0.4, 0.5) is 0 Å². The summed E-state index contributed by atoms with van der Waals surface area (Å²) in [7, 11) is 0. The molecule has 0 amide bonds. The SMILES string of the molecule is CC(C)(C)OC(=O)C12CC(N=[N+]=[N-])(C1)C2. The van der Waals surface area contributed by atoms with E-state index in [1.165, 1.54) is 0 Å². The predicted octanol–water partition coefficient (Wildman–Crippen LogP) is 2.56. The Hall–Kier alpha value is -1.22. The molecule has 3 fully saturated rings. The zero-order chi connectivity index (χ0) is 11.3. The monoisotopic (exact) mass is 209 g/mol. The van der Waals surface area contributed by atoms with Crippen molar-refractivity contribution in [1.82, 2.24) is 0 Å². The van der Waals surface area contributed by atoms with E-state index in [-0.39, 0.29) is 16.9 Å². The lowest BCUT2D eigenvalue weighted by Gasteiger charge is -2.66. The van der Waals surface area contributed by atoms with Gasteiger partial charge in [-0.1, -0.05) is 5.11 Å². The molecule has 3 aliphatic rings. The lowest BCUT2D eigenvalue weighted by molar-refractivity contribution is -0.207. The predicted molar refractivity (Wildman–Crippen MR) is 54.0 cm³/mol. The zero-order valence-corrected chi connectivity index (χ0v) is 9.28. The summed E-state index contributed by atoms with van der Waals surface area (Å²) < 4.78 is 5.33. The fourth-order valence-corrected chi connectivity index (χ4v) is 2.54. The van der Waals surface area contributed by atoms with Crippen LogP contribution in [0.5, 0.6) is 0 Å². The summed E-state index contributed by atoms with van der Waals surface area (Å²) in [5.41, 5.74) is 7.32. The highest BCUT2D eigenvalue weighted by Crippen LogP contribution is 2.70. The summed E-state index contributed by atoms with van der Waals surface area (Å²) in [6.45, 7) is 5.58. The van der Waals surface area contributed by atoms with Crippen LogP contribution >= 0.6 is 0 Å². The van der Waals surface area contributed by atoms with Gasteiger partial charge in [0, 0.05) is 4.91 Å². The Morgan fingerprint density at radius 2 is 1.93 bits per heavy atom. The number of ether oxygens (including phenoxy) is 1. The van der Waals surface area contributed by atoms with Crippen molar-refractivity contribution < 1.29 is 9.53 Å². The van der Waals surface area contributed by atoms with Gasteiger partial charge >= 0.3 is 5.97 Å². The van der Waals surface area contributed by atoms with E-state index in [1.807, 2.05) is 20.8 Å². The van der Waals surface area contributed by atoms with E-state index in [0.29, 0.717) is 19.3 Å². The Kier molecular flexibility index (Phi) is 1.83. The van der Waals surface area contributed by atoms with Gasteiger partial charge in [0.25, 0.3) is 0 Å². The number of esters is 1. The van der Waals surface area contributed by atoms with Gasteiger partial charge in [-0.3, -0.25) is 4.79 Å². The molecule has 15 heavy (non-hydrogen) atoms. The first-order valence-electron chi connectivity index (χ1n) is 5.11. The molecular weight excluding hydrogens is 194 g/mol. The van der Waals surface area contributed by atoms with Crippen molar-refractivity contribution >= 4 is 5.97 Å². The maximum atomic E-state index is 11.8. The van der Waals surface area contributed by atoms with E-state index >= 15 is 0 Å². The number of rotatable bonds is 2. The average Bonchev–Trinajstić information content (AvgIpc) is 1.89. The van der Waals surface area contributed by atoms with Crippen molar-refractivity contribution in [3.8, 4) is 0 Å². The van der Waals surface area contributed by atoms with Crippen molar-refractivity contribution in [3.63, 3.8) is 0 Å². The second kappa shape index (κ2) is 2.67. The van der Waals surface area contributed by atoms with Crippen LogP contribution in [-0.4, -0.2) is 17.1 Å². The van der Waals surface area contributed by atoms with Crippen molar-refractivity contribution in [1.29, 1.82) is 0 Å². The molecule has 0 aromatic carbocycles. The van der Waals surface area contributed by atoms with Crippen LogP contribution in [-0.2, 0) is 9.53 Å². The summed E-state index contributed by atoms with van der Waals surface area (Å²) in [5.74, 6) is -0.134. The van der Waals surface area contributed by atoms with Crippen LogP contribution < -0.4 is 0 Å². The second-order valence-corrected chi connectivity index (χ2v) is 5.73. The molecule has 0 aliphatic heterocycles. The number of azide groups is 1. The molecule has 0 spiro atoms. The third-order valence-electron chi connectivity index (χ3n) is 3.09. The summed E-state index contributed by atoms with van der Waals surface area (Å²) in [6, 6.07) is 0. The molecule has 82 valence electrons. The molecule has 2 bridgehead atoms. The lowest BCUT2D eigenvalue weighted by atomic mass is 9.39. The lowest BCUT2D eigenvalue weighted by Crippen LogP contribution is -2.69. The first kappa shape index (κ1) is 10.3. The molecule has 0 aromatic heterocycles. The van der Waals surface area contributed by atoms with E-state index in [1.54, 1.807) is 0 Å². The summed E-state index contributed by atoms with van der Waals surface area (Å²) in [5, 5.41) is 3.72.